The number of carbonyl (C=O) groups excluding carboxylic acids is 1. The van der Waals surface area contributed by atoms with E-state index in [9.17, 15) is 4.79 Å². The summed E-state index contributed by atoms with van der Waals surface area (Å²) in [5, 5.41) is 5.01. The van der Waals surface area contributed by atoms with Crippen molar-refractivity contribution in [1.29, 1.82) is 0 Å². The Morgan fingerprint density at radius 3 is 2.25 bits per heavy atom. The van der Waals surface area contributed by atoms with E-state index in [0.717, 1.165) is 16.8 Å². The molecule has 0 saturated carbocycles. The van der Waals surface area contributed by atoms with Crippen molar-refractivity contribution in [2.45, 2.75) is 12.5 Å². The first-order valence-corrected chi connectivity index (χ1v) is 11.2. The summed E-state index contributed by atoms with van der Waals surface area (Å²) in [7, 11) is 1.56. The zero-order chi connectivity index (χ0) is 22.2. The molecule has 1 N–H and O–H groups in total. The predicted octanol–water partition coefficient (Wildman–Crippen LogP) is 5.29. The van der Waals surface area contributed by atoms with E-state index in [1.54, 1.807) is 30.8 Å². The molecule has 162 valence electrons. The second-order valence-corrected chi connectivity index (χ2v) is 7.94. The minimum Gasteiger partial charge on any atom is -0.493 e. The smallest absolute Gasteiger partial charge is 0.251 e. The van der Waals surface area contributed by atoms with Crippen LogP contribution in [0.5, 0.6) is 11.5 Å². The summed E-state index contributed by atoms with van der Waals surface area (Å²) >= 11 is 1.52. The van der Waals surface area contributed by atoms with Crippen LogP contribution in [-0.4, -0.2) is 24.5 Å². The van der Waals surface area contributed by atoms with Crippen molar-refractivity contribution in [3.8, 4) is 11.5 Å². The van der Waals surface area contributed by atoms with E-state index in [1.165, 1.54) is 11.3 Å². The number of methoxy groups -OCH3 is 1. The third-order valence-electron chi connectivity index (χ3n) is 5.16. The fraction of sp³-hybridized carbons (Fsp3) is 0.154. The van der Waals surface area contributed by atoms with Crippen LogP contribution >= 0.6 is 11.3 Å². The molecule has 3 aromatic carbocycles. The number of carbonyl (C=O) groups is 1. The lowest BCUT2D eigenvalue weighted by Gasteiger charge is -2.19. The maximum Gasteiger partial charge on any atom is 0.251 e. The molecule has 0 radical (unpaired) electrons. The van der Waals surface area contributed by atoms with Gasteiger partial charge in [-0.25, -0.2) is 4.98 Å². The Hall–Kier alpha value is -3.64. The monoisotopic (exact) mass is 444 g/mol. The van der Waals surface area contributed by atoms with Gasteiger partial charge in [0, 0.05) is 23.4 Å². The Balaban J connectivity index is 1.46. The number of ether oxygens (including phenoxy) is 2. The molecule has 6 heteroatoms. The highest BCUT2D eigenvalue weighted by Crippen LogP contribution is 2.29. The van der Waals surface area contributed by atoms with Gasteiger partial charge < -0.3 is 14.8 Å². The molecule has 0 saturated heterocycles. The summed E-state index contributed by atoms with van der Waals surface area (Å²) in [4.78, 5) is 17.1. The molecule has 4 rings (SSSR count). The number of hydrogen-bond donors (Lipinski definition) is 1. The SMILES string of the molecule is COc1cc(C(=O)NCC(c2ccccc2)c2ccccc2)ccc1OCc1cscn1. The van der Waals surface area contributed by atoms with Crippen molar-refractivity contribution in [1.82, 2.24) is 10.3 Å². The third-order valence-corrected chi connectivity index (χ3v) is 5.79. The lowest BCUT2D eigenvalue weighted by molar-refractivity contribution is 0.0952. The van der Waals surface area contributed by atoms with E-state index in [1.807, 2.05) is 41.8 Å². The lowest BCUT2D eigenvalue weighted by Crippen LogP contribution is -2.29. The average molecular weight is 445 g/mol. The zero-order valence-corrected chi connectivity index (χ0v) is 18.5. The van der Waals surface area contributed by atoms with E-state index in [2.05, 4.69) is 34.6 Å². The normalized spacial score (nSPS) is 10.7. The molecule has 0 unspecified atom stereocenters. The van der Waals surface area contributed by atoms with Crippen LogP contribution in [0.25, 0.3) is 0 Å². The van der Waals surface area contributed by atoms with Crippen LogP contribution in [0.2, 0.25) is 0 Å². The first-order chi connectivity index (χ1) is 15.7. The quantitative estimate of drug-likeness (QED) is 0.381. The van der Waals surface area contributed by atoms with Gasteiger partial charge in [-0.2, -0.15) is 0 Å². The highest BCUT2D eigenvalue weighted by Gasteiger charge is 2.17. The zero-order valence-electron chi connectivity index (χ0n) is 17.7. The van der Waals surface area contributed by atoms with E-state index in [4.69, 9.17) is 9.47 Å². The average Bonchev–Trinajstić information content (AvgIpc) is 3.38. The van der Waals surface area contributed by atoms with Gasteiger partial charge in [-0.3, -0.25) is 4.79 Å². The molecule has 0 bridgehead atoms. The van der Waals surface area contributed by atoms with Crippen LogP contribution in [0.4, 0.5) is 0 Å². The topological polar surface area (TPSA) is 60.5 Å². The first-order valence-electron chi connectivity index (χ1n) is 10.3. The van der Waals surface area contributed by atoms with Crippen molar-refractivity contribution in [3.63, 3.8) is 0 Å². The van der Waals surface area contributed by atoms with Gasteiger partial charge in [0.15, 0.2) is 11.5 Å². The minimum absolute atomic E-state index is 0.0592. The molecule has 0 atom stereocenters. The number of hydrogen-bond acceptors (Lipinski definition) is 5. The van der Waals surface area contributed by atoms with E-state index >= 15 is 0 Å². The van der Waals surface area contributed by atoms with Crippen molar-refractivity contribution in [2.75, 3.05) is 13.7 Å². The van der Waals surface area contributed by atoms with Crippen molar-refractivity contribution >= 4 is 17.2 Å². The van der Waals surface area contributed by atoms with Crippen molar-refractivity contribution < 1.29 is 14.3 Å². The van der Waals surface area contributed by atoms with Gasteiger partial charge in [0.2, 0.25) is 0 Å². The van der Waals surface area contributed by atoms with E-state index in [0.29, 0.717) is 30.2 Å². The first kappa shape index (κ1) is 21.6. The number of thiazole rings is 1. The number of nitrogens with zero attached hydrogens (tertiary/aromatic N) is 1. The summed E-state index contributed by atoms with van der Waals surface area (Å²) < 4.78 is 11.3. The van der Waals surface area contributed by atoms with Crippen LogP contribution in [0.15, 0.2) is 89.8 Å². The molecule has 0 fully saturated rings. The summed E-state index contributed by atoms with van der Waals surface area (Å²) in [6.45, 7) is 0.832. The molecule has 0 spiro atoms. The Morgan fingerprint density at radius 2 is 1.66 bits per heavy atom. The lowest BCUT2D eigenvalue weighted by atomic mass is 9.91. The van der Waals surface area contributed by atoms with Crippen LogP contribution in [0, 0.1) is 0 Å². The Morgan fingerprint density at radius 1 is 0.969 bits per heavy atom. The number of rotatable bonds is 9. The van der Waals surface area contributed by atoms with Gasteiger partial charge in [-0.05, 0) is 29.3 Å². The molecule has 0 aliphatic carbocycles. The molecule has 4 aromatic rings. The van der Waals surface area contributed by atoms with Gasteiger partial charge >= 0.3 is 0 Å². The predicted molar refractivity (Wildman–Crippen MR) is 127 cm³/mol. The molecule has 1 amide bonds. The summed E-state index contributed by atoms with van der Waals surface area (Å²) in [5.74, 6) is 0.981. The highest BCUT2D eigenvalue weighted by molar-refractivity contribution is 7.07. The van der Waals surface area contributed by atoms with E-state index in [-0.39, 0.29) is 11.8 Å². The van der Waals surface area contributed by atoms with E-state index < -0.39 is 0 Å². The number of nitrogens with one attached hydrogen (secondary N) is 1. The van der Waals surface area contributed by atoms with Gasteiger partial charge in [-0.15, -0.1) is 11.3 Å². The summed E-state index contributed by atoms with van der Waals surface area (Å²) in [5.41, 5.74) is 5.45. The summed E-state index contributed by atoms with van der Waals surface area (Å²) in [6, 6.07) is 25.6. The number of benzene rings is 3. The summed E-state index contributed by atoms with van der Waals surface area (Å²) in [6.07, 6.45) is 0. The van der Waals surface area contributed by atoms with Crippen molar-refractivity contribution in [3.05, 3.63) is 112 Å². The second kappa shape index (κ2) is 10.6. The second-order valence-electron chi connectivity index (χ2n) is 7.22. The molecule has 0 aliphatic heterocycles. The van der Waals surface area contributed by atoms with Crippen molar-refractivity contribution in [2.24, 2.45) is 0 Å². The fourth-order valence-electron chi connectivity index (χ4n) is 3.48. The van der Waals surface area contributed by atoms with Gasteiger partial charge in [-0.1, -0.05) is 60.7 Å². The molecule has 0 aliphatic rings. The Bertz CT molecular complexity index is 1090. The largest absolute Gasteiger partial charge is 0.493 e. The van der Waals surface area contributed by atoms with Crippen LogP contribution in [0.3, 0.4) is 0 Å². The molecule has 1 aromatic heterocycles. The molecule has 1 heterocycles. The highest BCUT2D eigenvalue weighted by atomic mass is 32.1. The molecule has 5 nitrogen and oxygen atoms in total. The Labute approximate surface area is 191 Å². The number of aromatic nitrogens is 1. The van der Waals surface area contributed by atoms with Gasteiger partial charge in [0.25, 0.3) is 5.91 Å². The van der Waals surface area contributed by atoms with Crippen LogP contribution in [0.1, 0.15) is 33.1 Å². The Kier molecular flexibility index (Phi) is 7.15. The standard InChI is InChI=1S/C26H24N2O3S/c1-30-25-14-21(12-13-24(25)31-16-22-17-32-18-28-22)26(29)27-15-23(19-8-4-2-5-9-19)20-10-6-3-7-11-20/h2-14,17-18,23H,15-16H2,1H3,(H,27,29). The third kappa shape index (κ3) is 5.34. The number of amides is 1. The minimum atomic E-state index is -0.161. The van der Waals surface area contributed by atoms with Gasteiger partial charge in [0.05, 0.1) is 18.3 Å². The fourth-order valence-corrected chi connectivity index (χ4v) is 4.03. The molecule has 32 heavy (non-hydrogen) atoms. The molecular formula is C26H24N2O3S. The molecular weight excluding hydrogens is 420 g/mol. The van der Waals surface area contributed by atoms with Gasteiger partial charge in [0.1, 0.15) is 6.61 Å². The van der Waals surface area contributed by atoms with Crippen LogP contribution in [-0.2, 0) is 6.61 Å². The maximum atomic E-state index is 12.9. The maximum absolute atomic E-state index is 12.9. The van der Waals surface area contributed by atoms with Crippen LogP contribution < -0.4 is 14.8 Å².